The molecular formula is C25H25N3O6. The molecule has 9 heteroatoms. The van der Waals surface area contributed by atoms with E-state index in [1.165, 1.54) is 0 Å². The van der Waals surface area contributed by atoms with Gasteiger partial charge in [-0.15, -0.1) is 0 Å². The summed E-state index contributed by atoms with van der Waals surface area (Å²) < 4.78 is 5.92. The van der Waals surface area contributed by atoms with Crippen LogP contribution in [0.3, 0.4) is 0 Å². The number of carboxylic acids is 2. The number of nitrogens with one attached hydrogen (secondary N) is 2. The molecule has 0 spiro atoms. The standard InChI is InChI=1S/C21H21N3O2.C4H4O4/c25-21(16-10-11-17-19(12-16)23-14-22-17)24-18-8-4-5-9-20(18)26-13-15-6-2-1-3-7-15;5-3(6)1-2-4(7)8/h1-9,14,16H,10-13H2,(H,22,23)(H,24,25);1-2H,(H,5,6)(H,7,8)/b;2-1+. The Bertz CT molecular complexity index is 1140. The smallest absolute Gasteiger partial charge is 0.328 e. The molecule has 3 aromatic rings. The first-order valence-electron chi connectivity index (χ1n) is 10.6. The number of anilines is 1. The average molecular weight is 463 g/mol. The van der Waals surface area contributed by atoms with Crippen molar-refractivity contribution in [3.8, 4) is 5.75 Å². The summed E-state index contributed by atoms with van der Waals surface area (Å²) in [7, 11) is 0. The number of amides is 1. The molecule has 1 amide bonds. The molecule has 0 saturated carbocycles. The molecule has 176 valence electrons. The van der Waals surface area contributed by atoms with Crippen LogP contribution in [0.1, 0.15) is 23.4 Å². The molecule has 0 bridgehead atoms. The predicted molar refractivity (Wildman–Crippen MR) is 124 cm³/mol. The third-order valence-electron chi connectivity index (χ3n) is 5.11. The van der Waals surface area contributed by atoms with Crippen molar-refractivity contribution in [2.45, 2.75) is 25.9 Å². The number of hydrogen-bond acceptors (Lipinski definition) is 5. The largest absolute Gasteiger partial charge is 0.487 e. The summed E-state index contributed by atoms with van der Waals surface area (Å²) in [6.45, 7) is 0.467. The number of para-hydroxylation sites is 2. The number of aliphatic carboxylic acids is 2. The van der Waals surface area contributed by atoms with E-state index in [0.29, 0.717) is 36.6 Å². The summed E-state index contributed by atoms with van der Waals surface area (Å²) in [5.74, 6) is -1.85. The van der Waals surface area contributed by atoms with E-state index in [1.807, 2.05) is 54.6 Å². The van der Waals surface area contributed by atoms with E-state index in [9.17, 15) is 14.4 Å². The van der Waals surface area contributed by atoms with Gasteiger partial charge in [0.15, 0.2) is 0 Å². The molecular weight excluding hydrogens is 438 g/mol. The SMILES string of the molecule is O=C(Nc1ccccc1OCc1ccccc1)C1CCc2nc[nH]c2C1.O=C(O)/C=C/C(=O)O. The van der Waals surface area contributed by atoms with Gasteiger partial charge in [0.05, 0.1) is 17.7 Å². The maximum atomic E-state index is 12.7. The van der Waals surface area contributed by atoms with E-state index >= 15 is 0 Å². The number of imidazole rings is 1. The number of carboxylic acid groups (broad SMARTS) is 2. The molecule has 0 aliphatic heterocycles. The van der Waals surface area contributed by atoms with Crippen molar-refractivity contribution in [1.29, 1.82) is 0 Å². The second kappa shape index (κ2) is 12.0. The summed E-state index contributed by atoms with van der Waals surface area (Å²) in [5, 5.41) is 18.7. The Morgan fingerprint density at radius 3 is 2.41 bits per heavy atom. The van der Waals surface area contributed by atoms with Crippen LogP contribution in [-0.4, -0.2) is 38.0 Å². The molecule has 0 saturated heterocycles. The second-order valence-electron chi connectivity index (χ2n) is 7.54. The Balaban J connectivity index is 0.000000350. The second-order valence-corrected chi connectivity index (χ2v) is 7.54. The Hall–Kier alpha value is -4.40. The normalized spacial score (nSPS) is 14.4. The monoisotopic (exact) mass is 463 g/mol. The Morgan fingerprint density at radius 2 is 1.71 bits per heavy atom. The van der Waals surface area contributed by atoms with Crippen molar-refractivity contribution in [1.82, 2.24) is 9.97 Å². The number of aromatic amines is 1. The lowest BCUT2D eigenvalue weighted by atomic mass is 9.89. The van der Waals surface area contributed by atoms with Crippen LogP contribution in [-0.2, 0) is 33.8 Å². The first-order valence-corrected chi connectivity index (χ1v) is 10.6. The van der Waals surface area contributed by atoms with Crippen molar-refractivity contribution in [3.63, 3.8) is 0 Å². The van der Waals surface area contributed by atoms with Crippen LogP contribution in [0.4, 0.5) is 5.69 Å². The molecule has 34 heavy (non-hydrogen) atoms. The highest BCUT2D eigenvalue weighted by Gasteiger charge is 2.26. The lowest BCUT2D eigenvalue weighted by Crippen LogP contribution is -2.28. The molecule has 1 aromatic heterocycles. The quantitative estimate of drug-likeness (QED) is 0.393. The van der Waals surface area contributed by atoms with Crippen LogP contribution in [0.2, 0.25) is 0 Å². The fourth-order valence-electron chi connectivity index (χ4n) is 3.43. The number of benzene rings is 2. The van der Waals surface area contributed by atoms with Gasteiger partial charge in [0, 0.05) is 30.2 Å². The first kappa shape index (κ1) is 24.2. The van der Waals surface area contributed by atoms with Gasteiger partial charge in [-0.2, -0.15) is 0 Å². The minimum atomic E-state index is -1.26. The van der Waals surface area contributed by atoms with Crippen molar-refractivity contribution in [2.75, 3.05) is 5.32 Å². The summed E-state index contributed by atoms with van der Waals surface area (Å²) in [4.78, 5) is 39.3. The molecule has 1 unspecified atom stereocenters. The number of aryl methyl sites for hydroxylation is 1. The summed E-state index contributed by atoms with van der Waals surface area (Å²) in [5.41, 5.74) is 3.96. The van der Waals surface area contributed by atoms with Gasteiger partial charge in [-0.3, -0.25) is 4.79 Å². The minimum absolute atomic E-state index is 0.0287. The molecule has 1 aliphatic rings. The van der Waals surface area contributed by atoms with Gasteiger partial charge in [0.1, 0.15) is 12.4 Å². The number of carbonyl (C=O) groups excluding carboxylic acids is 1. The summed E-state index contributed by atoms with van der Waals surface area (Å²) >= 11 is 0. The molecule has 1 atom stereocenters. The van der Waals surface area contributed by atoms with Crippen molar-refractivity contribution in [3.05, 3.63) is 90.0 Å². The number of rotatable bonds is 7. The van der Waals surface area contributed by atoms with Gasteiger partial charge in [-0.05, 0) is 30.5 Å². The maximum Gasteiger partial charge on any atom is 0.328 e. The van der Waals surface area contributed by atoms with Crippen molar-refractivity contribution < 1.29 is 29.3 Å². The third-order valence-corrected chi connectivity index (χ3v) is 5.11. The number of aromatic nitrogens is 2. The zero-order valence-electron chi connectivity index (χ0n) is 18.3. The van der Waals surface area contributed by atoms with Gasteiger partial charge < -0.3 is 25.3 Å². The van der Waals surface area contributed by atoms with Crippen molar-refractivity contribution in [2.24, 2.45) is 5.92 Å². The lowest BCUT2D eigenvalue weighted by molar-refractivity contribution is -0.134. The number of fused-ring (bicyclic) bond motifs is 1. The van der Waals surface area contributed by atoms with Crippen LogP contribution in [0.25, 0.3) is 0 Å². The molecule has 0 radical (unpaired) electrons. The van der Waals surface area contributed by atoms with E-state index in [0.717, 1.165) is 29.8 Å². The fourth-order valence-corrected chi connectivity index (χ4v) is 3.43. The summed E-state index contributed by atoms with van der Waals surface area (Å²) in [6, 6.07) is 17.6. The zero-order valence-corrected chi connectivity index (χ0v) is 18.3. The van der Waals surface area contributed by atoms with Crippen molar-refractivity contribution >= 4 is 23.5 Å². The molecule has 2 aromatic carbocycles. The molecule has 4 rings (SSSR count). The van der Waals surface area contributed by atoms with Gasteiger partial charge in [0.25, 0.3) is 0 Å². The summed E-state index contributed by atoms with van der Waals surface area (Å²) in [6.07, 6.45) is 5.18. The van der Waals surface area contributed by atoms with Gasteiger partial charge in [-0.25, -0.2) is 14.6 Å². The number of H-pyrrole nitrogens is 1. The Labute approximate surface area is 196 Å². The van der Waals surface area contributed by atoms with E-state index in [1.54, 1.807) is 6.33 Å². The molecule has 1 heterocycles. The van der Waals surface area contributed by atoms with Gasteiger partial charge in [-0.1, -0.05) is 42.5 Å². The number of nitrogens with zero attached hydrogens (tertiary/aromatic N) is 1. The predicted octanol–water partition coefficient (Wildman–Crippen LogP) is 3.44. The Morgan fingerprint density at radius 1 is 1.03 bits per heavy atom. The molecule has 0 fully saturated rings. The van der Waals surface area contributed by atoms with Crippen LogP contribution < -0.4 is 10.1 Å². The Kier molecular flexibility index (Phi) is 8.56. The number of ether oxygens (including phenoxy) is 1. The highest BCUT2D eigenvalue weighted by Crippen LogP contribution is 2.28. The van der Waals surface area contributed by atoms with E-state index in [-0.39, 0.29) is 11.8 Å². The number of hydrogen-bond donors (Lipinski definition) is 4. The zero-order chi connectivity index (χ0) is 24.3. The number of carbonyl (C=O) groups is 3. The average Bonchev–Trinajstić information content (AvgIpc) is 3.31. The first-order chi connectivity index (χ1) is 16.4. The third kappa shape index (κ3) is 7.33. The van der Waals surface area contributed by atoms with Gasteiger partial charge in [0.2, 0.25) is 5.91 Å². The van der Waals surface area contributed by atoms with E-state index < -0.39 is 11.9 Å². The van der Waals surface area contributed by atoms with E-state index in [2.05, 4.69) is 15.3 Å². The lowest BCUT2D eigenvalue weighted by Gasteiger charge is -2.21. The molecule has 9 nitrogen and oxygen atoms in total. The van der Waals surface area contributed by atoms with E-state index in [4.69, 9.17) is 14.9 Å². The van der Waals surface area contributed by atoms with Crippen LogP contribution in [0.15, 0.2) is 73.1 Å². The minimum Gasteiger partial charge on any atom is -0.487 e. The topological polar surface area (TPSA) is 142 Å². The highest BCUT2D eigenvalue weighted by atomic mass is 16.5. The van der Waals surface area contributed by atoms with Crippen LogP contribution in [0.5, 0.6) is 5.75 Å². The van der Waals surface area contributed by atoms with Crippen LogP contribution >= 0.6 is 0 Å². The fraction of sp³-hybridized carbons (Fsp3) is 0.200. The molecule has 1 aliphatic carbocycles. The maximum absolute atomic E-state index is 12.7. The van der Waals surface area contributed by atoms with Gasteiger partial charge >= 0.3 is 11.9 Å². The molecule has 4 N–H and O–H groups in total. The van der Waals surface area contributed by atoms with Crippen LogP contribution in [0, 0.1) is 5.92 Å². The highest BCUT2D eigenvalue weighted by molar-refractivity contribution is 5.94.